The van der Waals surface area contributed by atoms with Crippen molar-refractivity contribution in [3.05, 3.63) is 66.3 Å². The number of nitrogens with zero attached hydrogens (tertiary/aromatic N) is 2. The first-order valence-corrected chi connectivity index (χ1v) is 6.02. The third-order valence-electron chi connectivity index (χ3n) is 2.64. The fourth-order valence-electron chi connectivity index (χ4n) is 1.58. The van der Waals surface area contributed by atoms with Crippen molar-refractivity contribution in [2.75, 3.05) is 0 Å². The molecule has 1 aromatic carbocycles. The maximum absolute atomic E-state index is 11.8. The fraction of sp³-hybridized carbons (Fsp3) is 0. The molecule has 2 aromatic rings. The van der Waals surface area contributed by atoms with E-state index in [4.69, 9.17) is 0 Å². The second kappa shape index (κ2) is 6.34. The molecule has 118 valence electrons. The van der Waals surface area contributed by atoms with Crippen LogP contribution in [0.5, 0.6) is 5.88 Å². The van der Waals surface area contributed by atoms with Gasteiger partial charge in [0.05, 0.1) is 11.1 Å². The largest absolute Gasteiger partial charge is 0.494 e. The molecule has 1 amide bonds. The zero-order valence-electron chi connectivity index (χ0n) is 11.3. The van der Waals surface area contributed by atoms with Gasteiger partial charge in [0.15, 0.2) is 0 Å². The van der Waals surface area contributed by atoms with Crippen LogP contribution in [0, 0.1) is 10.1 Å². The quantitative estimate of drug-likeness (QED) is 0.334. The fourth-order valence-corrected chi connectivity index (χ4v) is 1.58. The molecule has 4 N–H and O–H groups in total. The number of non-ortho nitro benzene ring substituents is 1. The van der Waals surface area contributed by atoms with Crippen molar-refractivity contribution in [3.63, 3.8) is 0 Å². The summed E-state index contributed by atoms with van der Waals surface area (Å²) < 4.78 is 0. The Bertz CT molecular complexity index is 913. The number of hydrazone groups is 1. The van der Waals surface area contributed by atoms with Crippen molar-refractivity contribution in [3.8, 4) is 5.88 Å². The highest BCUT2D eigenvalue weighted by molar-refractivity contribution is 5.95. The first kappa shape index (κ1) is 15.6. The maximum Gasteiger partial charge on any atom is 0.328 e. The number of carbonyl (C=O) groups is 1. The normalized spacial score (nSPS) is 10.6. The molecule has 0 atom stereocenters. The predicted molar refractivity (Wildman–Crippen MR) is 77.5 cm³/mol. The monoisotopic (exact) mass is 319 g/mol. The molecule has 0 aliphatic heterocycles. The molecule has 0 fully saturated rings. The summed E-state index contributed by atoms with van der Waals surface area (Å²) in [6.45, 7) is 0. The van der Waals surface area contributed by atoms with Gasteiger partial charge in [-0.05, 0) is 6.07 Å². The smallest absolute Gasteiger partial charge is 0.328 e. The van der Waals surface area contributed by atoms with Gasteiger partial charge in [-0.1, -0.05) is 6.07 Å². The summed E-state index contributed by atoms with van der Waals surface area (Å²) in [5, 5.41) is 23.5. The molecule has 1 aromatic heterocycles. The van der Waals surface area contributed by atoms with Crippen LogP contribution in [0.2, 0.25) is 0 Å². The highest BCUT2D eigenvalue weighted by atomic mass is 16.6. The standard InChI is InChI=1S/C12H9N5O6/c18-9(6-2-1-3-7(4-6)17(22)23)16-13-5-8-10(19)14-12(21)15-11(8)20/h1-5H,(H,16,18)(H3,14,15,19,20,21)/b13-5+. The Labute approximate surface area is 126 Å². The van der Waals surface area contributed by atoms with E-state index < -0.39 is 28.0 Å². The average molecular weight is 319 g/mol. The molecule has 0 saturated heterocycles. The number of aromatic amines is 2. The van der Waals surface area contributed by atoms with Crippen LogP contribution in [0.3, 0.4) is 0 Å². The van der Waals surface area contributed by atoms with Gasteiger partial charge in [-0.25, -0.2) is 10.2 Å². The molecule has 2 rings (SSSR count). The first-order chi connectivity index (χ1) is 10.9. The van der Waals surface area contributed by atoms with Gasteiger partial charge in [0.25, 0.3) is 17.2 Å². The summed E-state index contributed by atoms with van der Waals surface area (Å²) in [6, 6.07) is 4.93. The molecular weight excluding hydrogens is 310 g/mol. The molecule has 0 saturated carbocycles. The molecule has 0 radical (unpaired) electrons. The number of rotatable bonds is 4. The maximum atomic E-state index is 11.8. The lowest BCUT2D eigenvalue weighted by atomic mass is 10.2. The molecule has 0 aliphatic rings. The van der Waals surface area contributed by atoms with E-state index in [2.05, 4.69) is 5.10 Å². The zero-order valence-corrected chi connectivity index (χ0v) is 11.3. The Balaban J connectivity index is 2.16. The van der Waals surface area contributed by atoms with Crippen LogP contribution in [0.15, 0.2) is 39.0 Å². The van der Waals surface area contributed by atoms with Gasteiger partial charge < -0.3 is 5.11 Å². The minimum atomic E-state index is -0.903. The van der Waals surface area contributed by atoms with Gasteiger partial charge in [-0.2, -0.15) is 5.10 Å². The lowest BCUT2D eigenvalue weighted by molar-refractivity contribution is -0.384. The van der Waals surface area contributed by atoms with Crippen molar-refractivity contribution < 1.29 is 14.8 Å². The summed E-state index contributed by atoms with van der Waals surface area (Å²) in [6.07, 6.45) is 0.819. The van der Waals surface area contributed by atoms with E-state index in [9.17, 15) is 29.6 Å². The van der Waals surface area contributed by atoms with E-state index in [0.717, 1.165) is 12.3 Å². The van der Waals surface area contributed by atoms with E-state index in [1.807, 2.05) is 15.4 Å². The number of hydrogen-bond donors (Lipinski definition) is 4. The summed E-state index contributed by atoms with van der Waals surface area (Å²) in [7, 11) is 0. The molecule has 23 heavy (non-hydrogen) atoms. The van der Waals surface area contributed by atoms with Crippen LogP contribution in [0.1, 0.15) is 15.9 Å². The summed E-state index contributed by atoms with van der Waals surface area (Å²) in [5.74, 6) is -1.47. The van der Waals surface area contributed by atoms with E-state index in [0.29, 0.717) is 0 Å². The number of aromatic hydroxyl groups is 1. The molecule has 0 spiro atoms. The topological polar surface area (TPSA) is 171 Å². The lowest BCUT2D eigenvalue weighted by Crippen LogP contribution is -2.25. The molecule has 0 unspecified atom stereocenters. The Kier molecular flexibility index (Phi) is 4.31. The van der Waals surface area contributed by atoms with Gasteiger partial charge in [0, 0.05) is 17.7 Å². The van der Waals surface area contributed by atoms with Crippen LogP contribution in [0.25, 0.3) is 0 Å². The van der Waals surface area contributed by atoms with Crippen LogP contribution in [0.4, 0.5) is 5.69 Å². The van der Waals surface area contributed by atoms with Crippen molar-refractivity contribution in [2.45, 2.75) is 0 Å². The number of nitrogens with one attached hydrogen (secondary N) is 3. The van der Waals surface area contributed by atoms with E-state index >= 15 is 0 Å². The average Bonchev–Trinajstić information content (AvgIpc) is 2.49. The molecule has 11 nitrogen and oxygen atoms in total. The zero-order chi connectivity index (χ0) is 17.0. The minimum absolute atomic E-state index is 0.0176. The second-order valence-corrected chi connectivity index (χ2v) is 4.18. The molecule has 11 heteroatoms. The third-order valence-corrected chi connectivity index (χ3v) is 2.64. The Hall–Kier alpha value is -3.76. The molecule has 0 bridgehead atoms. The van der Waals surface area contributed by atoms with E-state index in [-0.39, 0.29) is 16.8 Å². The van der Waals surface area contributed by atoms with Crippen molar-refractivity contribution >= 4 is 17.8 Å². The van der Waals surface area contributed by atoms with Crippen molar-refractivity contribution in [1.29, 1.82) is 0 Å². The Morgan fingerprint density at radius 3 is 2.74 bits per heavy atom. The van der Waals surface area contributed by atoms with Crippen LogP contribution < -0.4 is 16.7 Å². The van der Waals surface area contributed by atoms with Gasteiger partial charge >= 0.3 is 5.69 Å². The number of H-pyrrole nitrogens is 2. The third kappa shape index (κ3) is 3.66. The minimum Gasteiger partial charge on any atom is -0.494 e. The highest BCUT2D eigenvalue weighted by Crippen LogP contribution is 2.12. The van der Waals surface area contributed by atoms with Gasteiger partial charge in [-0.15, -0.1) is 0 Å². The van der Waals surface area contributed by atoms with Crippen LogP contribution >= 0.6 is 0 Å². The van der Waals surface area contributed by atoms with Gasteiger partial charge in [0.2, 0.25) is 5.88 Å². The number of hydrogen-bond acceptors (Lipinski definition) is 7. The lowest BCUT2D eigenvalue weighted by Gasteiger charge is -2.00. The SMILES string of the molecule is O=C(N/N=C/c1c(O)[nH]c(=O)[nH]c1=O)c1cccc([N+](=O)[O-])c1. The highest BCUT2D eigenvalue weighted by Gasteiger charge is 2.11. The van der Waals surface area contributed by atoms with Gasteiger partial charge in [-0.3, -0.25) is 29.7 Å². The Morgan fingerprint density at radius 1 is 1.35 bits per heavy atom. The van der Waals surface area contributed by atoms with Crippen molar-refractivity contribution in [1.82, 2.24) is 15.4 Å². The Morgan fingerprint density at radius 2 is 2.09 bits per heavy atom. The number of nitro groups is 1. The number of benzene rings is 1. The van der Waals surface area contributed by atoms with Gasteiger partial charge in [0.1, 0.15) is 5.56 Å². The van der Waals surface area contributed by atoms with Crippen LogP contribution in [-0.4, -0.2) is 32.1 Å². The second-order valence-electron chi connectivity index (χ2n) is 4.18. The summed E-state index contributed by atoms with van der Waals surface area (Å²) >= 11 is 0. The van der Waals surface area contributed by atoms with E-state index in [1.165, 1.54) is 18.2 Å². The molecule has 1 heterocycles. The molecule has 0 aliphatic carbocycles. The predicted octanol–water partition coefficient (Wildman–Crippen LogP) is -0.559. The number of nitro benzene ring substituents is 1. The number of amides is 1. The number of aromatic nitrogens is 2. The first-order valence-electron chi connectivity index (χ1n) is 6.02. The van der Waals surface area contributed by atoms with Crippen molar-refractivity contribution in [2.24, 2.45) is 5.10 Å². The van der Waals surface area contributed by atoms with E-state index in [1.54, 1.807) is 0 Å². The van der Waals surface area contributed by atoms with Crippen LogP contribution in [-0.2, 0) is 0 Å². The summed E-state index contributed by atoms with van der Waals surface area (Å²) in [4.78, 5) is 47.8. The number of carbonyl (C=O) groups excluding carboxylic acids is 1. The summed E-state index contributed by atoms with van der Waals surface area (Å²) in [5.41, 5.74) is -0.423. The molecular formula is C12H9N5O6.